The summed E-state index contributed by atoms with van der Waals surface area (Å²) in [6, 6.07) is 11.3. The first-order valence-corrected chi connectivity index (χ1v) is 8.53. The van der Waals surface area contributed by atoms with Gasteiger partial charge in [-0.25, -0.2) is 9.37 Å². The van der Waals surface area contributed by atoms with Crippen LogP contribution in [0, 0.1) is 19.7 Å². The lowest BCUT2D eigenvalue weighted by Gasteiger charge is -2.11. The smallest absolute Gasteiger partial charge is 0.203 e. The number of benzene rings is 2. The Bertz CT molecular complexity index is 866. The van der Waals surface area contributed by atoms with Gasteiger partial charge in [0.1, 0.15) is 5.82 Å². The lowest BCUT2D eigenvalue weighted by molar-refractivity contribution is 0.611. The van der Waals surface area contributed by atoms with Gasteiger partial charge >= 0.3 is 0 Å². The minimum absolute atomic E-state index is 0.236. The number of hydrogen-bond acceptors (Lipinski definition) is 2. The predicted molar refractivity (Wildman–Crippen MR) is 99.5 cm³/mol. The van der Waals surface area contributed by atoms with E-state index in [9.17, 15) is 4.39 Å². The van der Waals surface area contributed by atoms with E-state index in [1.165, 1.54) is 17.2 Å². The van der Waals surface area contributed by atoms with Crippen LogP contribution in [0.4, 0.5) is 10.3 Å². The Kier molecular flexibility index (Phi) is 4.71. The van der Waals surface area contributed by atoms with Crippen LogP contribution in [0.5, 0.6) is 0 Å². The molecule has 0 saturated heterocycles. The maximum atomic E-state index is 13.9. The summed E-state index contributed by atoms with van der Waals surface area (Å²) in [5, 5.41) is 3.21. The van der Waals surface area contributed by atoms with Gasteiger partial charge in [-0.1, -0.05) is 34.1 Å². The van der Waals surface area contributed by atoms with Crippen molar-refractivity contribution in [3.63, 3.8) is 0 Å². The van der Waals surface area contributed by atoms with Crippen LogP contribution in [-0.4, -0.2) is 9.55 Å². The normalized spacial score (nSPS) is 10.9. The zero-order chi connectivity index (χ0) is 17.3. The molecule has 124 valence electrons. The Hall–Kier alpha value is -2.14. The van der Waals surface area contributed by atoms with E-state index >= 15 is 0 Å². The molecule has 3 aromatic rings. The number of aryl methyl sites for hydroxylation is 2. The van der Waals surface area contributed by atoms with Crippen molar-refractivity contribution in [3.05, 3.63) is 69.6 Å². The number of anilines is 1. The average molecular weight is 388 g/mol. The molecule has 3 rings (SSSR count). The first-order valence-electron chi connectivity index (χ1n) is 7.73. The third kappa shape index (κ3) is 3.22. The van der Waals surface area contributed by atoms with Crippen LogP contribution in [0.15, 0.2) is 47.1 Å². The second-order valence-corrected chi connectivity index (χ2v) is 6.73. The number of rotatable bonds is 4. The number of nitrogens with zero attached hydrogens (tertiary/aromatic N) is 2. The average Bonchev–Trinajstić information content (AvgIpc) is 2.91. The van der Waals surface area contributed by atoms with Gasteiger partial charge in [0.25, 0.3) is 0 Å². The van der Waals surface area contributed by atoms with Gasteiger partial charge in [-0.3, -0.25) is 0 Å². The molecule has 1 aromatic heterocycles. The molecule has 0 atom stereocenters. The van der Waals surface area contributed by atoms with Gasteiger partial charge < -0.3 is 9.88 Å². The van der Waals surface area contributed by atoms with Crippen molar-refractivity contribution in [3.8, 4) is 11.3 Å². The van der Waals surface area contributed by atoms with E-state index in [0.29, 0.717) is 18.1 Å². The quantitative estimate of drug-likeness (QED) is 0.664. The molecule has 0 spiro atoms. The molecule has 3 nitrogen and oxygen atoms in total. The Morgan fingerprint density at radius 1 is 1.17 bits per heavy atom. The Labute approximate surface area is 149 Å². The molecular formula is C19H19BrFN3. The number of imidazole rings is 1. The van der Waals surface area contributed by atoms with E-state index in [2.05, 4.69) is 58.3 Å². The van der Waals surface area contributed by atoms with Crippen LogP contribution < -0.4 is 5.32 Å². The molecule has 0 saturated carbocycles. The van der Waals surface area contributed by atoms with E-state index < -0.39 is 0 Å². The van der Waals surface area contributed by atoms with Crippen LogP contribution >= 0.6 is 15.9 Å². The number of halogens is 2. The van der Waals surface area contributed by atoms with Gasteiger partial charge in [-0.2, -0.15) is 0 Å². The van der Waals surface area contributed by atoms with Crippen molar-refractivity contribution in [2.24, 2.45) is 7.05 Å². The van der Waals surface area contributed by atoms with Gasteiger partial charge in [0, 0.05) is 29.2 Å². The largest absolute Gasteiger partial charge is 0.351 e. The summed E-state index contributed by atoms with van der Waals surface area (Å²) in [6.45, 7) is 4.57. The Morgan fingerprint density at radius 3 is 2.67 bits per heavy atom. The van der Waals surface area contributed by atoms with Crippen LogP contribution in [0.2, 0.25) is 0 Å². The third-order valence-corrected chi connectivity index (χ3v) is 5.02. The van der Waals surface area contributed by atoms with Gasteiger partial charge in [0.15, 0.2) is 0 Å². The maximum Gasteiger partial charge on any atom is 0.203 e. The van der Waals surface area contributed by atoms with Crippen LogP contribution in [0.1, 0.15) is 16.7 Å². The van der Waals surface area contributed by atoms with E-state index in [1.807, 2.05) is 23.9 Å². The van der Waals surface area contributed by atoms with Gasteiger partial charge in [0.05, 0.1) is 11.9 Å². The van der Waals surface area contributed by atoms with Gasteiger partial charge in [-0.05, 0) is 43.2 Å². The summed E-state index contributed by atoms with van der Waals surface area (Å²) >= 11 is 3.39. The van der Waals surface area contributed by atoms with Crippen LogP contribution in [-0.2, 0) is 13.6 Å². The van der Waals surface area contributed by atoms with Gasteiger partial charge in [-0.15, -0.1) is 0 Å². The zero-order valence-corrected chi connectivity index (χ0v) is 15.5. The van der Waals surface area contributed by atoms with Crippen molar-refractivity contribution < 1.29 is 4.39 Å². The molecule has 0 radical (unpaired) electrons. The Balaban J connectivity index is 1.84. The van der Waals surface area contributed by atoms with Crippen molar-refractivity contribution in [1.29, 1.82) is 0 Å². The highest BCUT2D eigenvalue weighted by Gasteiger charge is 2.11. The molecule has 0 aliphatic rings. The fraction of sp³-hybridized carbons (Fsp3) is 0.211. The molecule has 0 fully saturated rings. The second-order valence-electron chi connectivity index (χ2n) is 5.88. The van der Waals surface area contributed by atoms with E-state index in [-0.39, 0.29) is 5.82 Å². The standard InChI is InChI=1S/C19H19BrFN3/c1-12-7-8-14(9-13(12)2)18-11-23-19(24(18)3)22-10-15-16(20)5-4-6-17(15)21/h4-9,11H,10H2,1-3H3,(H,22,23). The molecule has 0 amide bonds. The monoisotopic (exact) mass is 387 g/mol. The highest BCUT2D eigenvalue weighted by Crippen LogP contribution is 2.25. The lowest BCUT2D eigenvalue weighted by Crippen LogP contribution is -2.07. The summed E-state index contributed by atoms with van der Waals surface area (Å²) in [5.74, 6) is 0.471. The molecule has 24 heavy (non-hydrogen) atoms. The van der Waals surface area contributed by atoms with Crippen molar-refractivity contribution >= 4 is 21.9 Å². The summed E-state index contributed by atoms with van der Waals surface area (Å²) in [7, 11) is 1.95. The van der Waals surface area contributed by atoms with Crippen LogP contribution in [0.25, 0.3) is 11.3 Å². The molecule has 0 aliphatic carbocycles. The van der Waals surface area contributed by atoms with Crippen molar-refractivity contribution in [1.82, 2.24) is 9.55 Å². The third-order valence-electron chi connectivity index (χ3n) is 4.28. The topological polar surface area (TPSA) is 29.9 Å². The lowest BCUT2D eigenvalue weighted by atomic mass is 10.0. The van der Waals surface area contributed by atoms with E-state index in [0.717, 1.165) is 15.7 Å². The molecule has 1 heterocycles. The fourth-order valence-electron chi connectivity index (χ4n) is 2.61. The second kappa shape index (κ2) is 6.77. The summed E-state index contributed by atoms with van der Waals surface area (Å²) in [6.07, 6.45) is 1.84. The van der Waals surface area contributed by atoms with Gasteiger partial charge in [0.2, 0.25) is 5.95 Å². The minimum atomic E-state index is -0.236. The number of hydrogen-bond donors (Lipinski definition) is 1. The number of aromatic nitrogens is 2. The highest BCUT2D eigenvalue weighted by atomic mass is 79.9. The predicted octanol–water partition coefficient (Wildman–Crippen LogP) is 5.22. The zero-order valence-electron chi connectivity index (χ0n) is 13.9. The van der Waals surface area contributed by atoms with Crippen molar-refractivity contribution in [2.45, 2.75) is 20.4 Å². The minimum Gasteiger partial charge on any atom is -0.351 e. The SMILES string of the molecule is Cc1ccc(-c2cnc(NCc3c(F)cccc3Br)n2C)cc1C. The first kappa shape index (κ1) is 16.7. The fourth-order valence-corrected chi connectivity index (χ4v) is 3.09. The van der Waals surface area contributed by atoms with E-state index in [4.69, 9.17) is 0 Å². The molecule has 0 unspecified atom stereocenters. The molecule has 1 N–H and O–H groups in total. The molecule has 2 aromatic carbocycles. The highest BCUT2D eigenvalue weighted by molar-refractivity contribution is 9.10. The summed E-state index contributed by atoms with van der Waals surface area (Å²) in [5.41, 5.74) is 5.25. The summed E-state index contributed by atoms with van der Waals surface area (Å²) < 4.78 is 16.6. The number of nitrogens with one attached hydrogen (secondary N) is 1. The van der Waals surface area contributed by atoms with Crippen molar-refractivity contribution in [2.75, 3.05) is 5.32 Å². The van der Waals surface area contributed by atoms with Crippen LogP contribution in [0.3, 0.4) is 0 Å². The first-order chi connectivity index (χ1) is 11.5. The Morgan fingerprint density at radius 2 is 1.96 bits per heavy atom. The molecular weight excluding hydrogens is 369 g/mol. The molecule has 0 aliphatic heterocycles. The molecule has 0 bridgehead atoms. The molecule has 5 heteroatoms. The maximum absolute atomic E-state index is 13.9. The summed E-state index contributed by atoms with van der Waals surface area (Å²) in [4.78, 5) is 4.43. The van der Waals surface area contributed by atoms with E-state index in [1.54, 1.807) is 6.07 Å².